The van der Waals surface area contributed by atoms with Crippen molar-refractivity contribution in [3.05, 3.63) is 48.0 Å². The molecule has 2 heterocycles. The van der Waals surface area contributed by atoms with Crippen LogP contribution in [0.15, 0.2) is 41.1 Å². The molecule has 0 bridgehead atoms. The number of nitrogens with one attached hydrogen (secondary N) is 1. The molecule has 1 atom stereocenters. The van der Waals surface area contributed by atoms with E-state index in [9.17, 15) is 0 Å². The van der Waals surface area contributed by atoms with Gasteiger partial charge in [0, 0.05) is 17.1 Å². The lowest BCUT2D eigenvalue weighted by molar-refractivity contribution is 0.269. The van der Waals surface area contributed by atoms with Crippen molar-refractivity contribution >= 4 is 16.7 Å². The molecule has 2 N–H and O–H groups in total. The summed E-state index contributed by atoms with van der Waals surface area (Å²) in [5.74, 6) is 0.936. The van der Waals surface area contributed by atoms with E-state index in [1.807, 2.05) is 24.4 Å². The molecule has 21 heavy (non-hydrogen) atoms. The monoisotopic (exact) mass is 285 g/mol. The zero-order chi connectivity index (χ0) is 14.8. The fourth-order valence-corrected chi connectivity index (χ4v) is 2.58. The van der Waals surface area contributed by atoms with Crippen LogP contribution >= 0.6 is 0 Å². The Morgan fingerprint density at radius 1 is 1.38 bits per heavy atom. The van der Waals surface area contributed by atoms with Crippen LogP contribution in [0.3, 0.4) is 0 Å². The highest BCUT2D eigenvalue weighted by atomic mass is 16.3. The molecule has 0 fully saturated rings. The minimum absolute atomic E-state index is 0.0455. The van der Waals surface area contributed by atoms with Crippen molar-refractivity contribution in [2.24, 2.45) is 0 Å². The summed E-state index contributed by atoms with van der Waals surface area (Å²) in [4.78, 5) is 0. The molecular weight excluding hydrogens is 266 g/mol. The SMILES string of the molecule is Cc1c(C(C)Nc2cnn(CCO)c2)oc2ccccc12. The number of fused-ring (bicyclic) bond motifs is 1. The molecule has 3 rings (SSSR count). The minimum Gasteiger partial charge on any atom is -0.459 e. The molecule has 110 valence electrons. The molecule has 3 aromatic rings. The van der Waals surface area contributed by atoms with Crippen molar-refractivity contribution in [2.75, 3.05) is 11.9 Å². The predicted octanol–water partition coefficient (Wildman–Crippen LogP) is 3.10. The molecule has 0 aliphatic rings. The Labute approximate surface area is 123 Å². The van der Waals surface area contributed by atoms with E-state index in [-0.39, 0.29) is 12.6 Å². The van der Waals surface area contributed by atoms with Crippen LogP contribution in [0.1, 0.15) is 24.3 Å². The van der Waals surface area contributed by atoms with E-state index < -0.39 is 0 Å². The summed E-state index contributed by atoms with van der Waals surface area (Å²) >= 11 is 0. The van der Waals surface area contributed by atoms with Gasteiger partial charge in [0.2, 0.25) is 0 Å². The van der Waals surface area contributed by atoms with Gasteiger partial charge in [-0.1, -0.05) is 18.2 Å². The zero-order valence-electron chi connectivity index (χ0n) is 12.2. The number of aliphatic hydroxyl groups excluding tert-OH is 1. The van der Waals surface area contributed by atoms with Gasteiger partial charge < -0.3 is 14.8 Å². The number of anilines is 1. The summed E-state index contributed by atoms with van der Waals surface area (Å²) in [7, 11) is 0. The number of benzene rings is 1. The molecule has 0 aliphatic carbocycles. The van der Waals surface area contributed by atoms with E-state index in [2.05, 4.69) is 30.3 Å². The van der Waals surface area contributed by atoms with Crippen molar-refractivity contribution in [3.63, 3.8) is 0 Å². The van der Waals surface area contributed by atoms with Crippen molar-refractivity contribution in [2.45, 2.75) is 26.4 Å². The van der Waals surface area contributed by atoms with Crippen molar-refractivity contribution in [3.8, 4) is 0 Å². The van der Waals surface area contributed by atoms with Crippen molar-refractivity contribution in [1.82, 2.24) is 9.78 Å². The van der Waals surface area contributed by atoms with Crippen LogP contribution in [-0.2, 0) is 6.54 Å². The lowest BCUT2D eigenvalue weighted by atomic mass is 10.1. The zero-order valence-corrected chi connectivity index (χ0v) is 12.2. The molecule has 0 aliphatic heterocycles. The van der Waals surface area contributed by atoms with Crippen LogP contribution in [0.4, 0.5) is 5.69 Å². The lowest BCUT2D eigenvalue weighted by Gasteiger charge is -2.11. The van der Waals surface area contributed by atoms with Gasteiger partial charge in [-0.15, -0.1) is 0 Å². The molecule has 5 heteroatoms. The Bertz CT molecular complexity index is 745. The third-order valence-corrected chi connectivity index (χ3v) is 3.62. The summed E-state index contributed by atoms with van der Waals surface area (Å²) < 4.78 is 7.67. The summed E-state index contributed by atoms with van der Waals surface area (Å²) in [5.41, 5.74) is 2.98. The number of hydrogen-bond donors (Lipinski definition) is 2. The Balaban J connectivity index is 1.82. The number of aliphatic hydroxyl groups is 1. The van der Waals surface area contributed by atoms with Gasteiger partial charge in [0.05, 0.1) is 31.1 Å². The fourth-order valence-electron chi connectivity index (χ4n) is 2.58. The highest BCUT2D eigenvalue weighted by Crippen LogP contribution is 2.30. The number of para-hydroxylation sites is 1. The van der Waals surface area contributed by atoms with Gasteiger partial charge in [-0.05, 0) is 19.9 Å². The van der Waals surface area contributed by atoms with E-state index in [0.29, 0.717) is 6.54 Å². The van der Waals surface area contributed by atoms with E-state index in [1.54, 1.807) is 10.9 Å². The molecule has 2 aromatic heterocycles. The summed E-state index contributed by atoms with van der Waals surface area (Å²) in [6.45, 7) is 4.72. The molecule has 0 spiro atoms. The van der Waals surface area contributed by atoms with Crippen LogP contribution < -0.4 is 5.32 Å². The molecule has 0 amide bonds. The first-order valence-electron chi connectivity index (χ1n) is 7.07. The maximum atomic E-state index is 8.91. The number of furan rings is 1. The van der Waals surface area contributed by atoms with Gasteiger partial charge >= 0.3 is 0 Å². The topological polar surface area (TPSA) is 63.2 Å². The molecule has 1 aromatic carbocycles. The quantitative estimate of drug-likeness (QED) is 0.756. The van der Waals surface area contributed by atoms with Crippen LogP contribution in [0.5, 0.6) is 0 Å². The van der Waals surface area contributed by atoms with Gasteiger partial charge in [0.1, 0.15) is 11.3 Å². The standard InChI is InChI=1S/C16H19N3O2/c1-11-14-5-3-4-6-15(14)21-16(11)12(2)18-13-9-17-19(10-13)7-8-20/h3-6,9-10,12,18,20H,7-8H2,1-2H3. The Morgan fingerprint density at radius 3 is 2.95 bits per heavy atom. The predicted molar refractivity (Wildman–Crippen MR) is 82.3 cm³/mol. The van der Waals surface area contributed by atoms with Crippen LogP contribution in [0.25, 0.3) is 11.0 Å². The second-order valence-electron chi connectivity index (χ2n) is 5.17. The maximum absolute atomic E-state index is 8.91. The molecular formula is C16H19N3O2. The third kappa shape index (κ3) is 2.64. The van der Waals surface area contributed by atoms with E-state index in [4.69, 9.17) is 9.52 Å². The Kier molecular flexibility index (Phi) is 3.66. The fraction of sp³-hybridized carbons (Fsp3) is 0.312. The Hall–Kier alpha value is -2.27. The summed E-state index contributed by atoms with van der Waals surface area (Å²) in [5, 5.41) is 17.6. The molecule has 0 saturated heterocycles. The van der Waals surface area contributed by atoms with Crippen LogP contribution in [-0.4, -0.2) is 21.5 Å². The van der Waals surface area contributed by atoms with Gasteiger partial charge in [0.15, 0.2) is 0 Å². The summed E-state index contributed by atoms with van der Waals surface area (Å²) in [6.07, 6.45) is 3.63. The summed E-state index contributed by atoms with van der Waals surface area (Å²) in [6, 6.07) is 8.10. The van der Waals surface area contributed by atoms with Crippen LogP contribution in [0.2, 0.25) is 0 Å². The molecule has 1 unspecified atom stereocenters. The number of aryl methyl sites for hydroxylation is 1. The highest BCUT2D eigenvalue weighted by Gasteiger charge is 2.16. The van der Waals surface area contributed by atoms with Crippen molar-refractivity contribution in [1.29, 1.82) is 0 Å². The third-order valence-electron chi connectivity index (χ3n) is 3.62. The van der Waals surface area contributed by atoms with Gasteiger partial charge in [0.25, 0.3) is 0 Å². The number of rotatable bonds is 5. The van der Waals surface area contributed by atoms with E-state index in [1.165, 1.54) is 0 Å². The molecule has 5 nitrogen and oxygen atoms in total. The van der Waals surface area contributed by atoms with E-state index >= 15 is 0 Å². The van der Waals surface area contributed by atoms with E-state index in [0.717, 1.165) is 28.0 Å². The minimum atomic E-state index is 0.0455. The number of hydrogen-bond acceptors (Lipinski definition) is 4. The second kappa shape index (κ2) is 5.61. The average Bonchev–Trinajstić information content (AvgIpc) is 3.05. The first-order chi connectivity index (χ1) is 10.2. The normalized spacial score (nSPS) is 12.7. The second-order valence-corrected chi connectivity index (χ2v) is 5.17. The first kappa shape index (κ1) is 13.7. The van der Waals surface area contributed by atoms with Gasteiger partial charge in [-0.25, -0.2) is 0 Å². The average molecular weight is 285 g/mol. The maximum Gasteiger partial charge on any atom is 0.134 e. The van der Waals surface area contributed by atoms with Gasteiger partial charge in [-0.3, -0.25) is 4.68 Å². The molecule has 0 radical (unpaired) electrons. The first-order valence-corrected chi connectivity index (χ1v) is 7.07. The lowest BCUT2D eigenvalue weighted by Crippen LogP contribution is -2.06. The largest absolute Gasteiger partial charge is 0.459 e. The highest BCUT2D eigenvalue weighted by molar-refractivity contribution is 5.82. The smallest absolute Gasteiger partial charge is 0.134 e. The van der Waals surface area contributed by atoms with Crippen molar-refractivity contribution < 1.29 is 9.52 Å². The number of aromatic nitrogens is 2. The van der Waals surface area contributed by atoms with Crippen LogP contribution in [0, 0.1) is 6.92 Å². The number of nitrogens with zero attached hydrogens (tertiary/aromatic N) is 2. The Morgan fingerprint density at radius 2 is 2.19 bits per heavy atom. The van der Waals surface area contributed by atoms with Gasteiger partial charge in [-0.2, -0.15) is 5.10 Å². The molecule has 0 saturated carbocycles.